The molecule has 2 heterocycles. The highest BCUT2D eigenvalue weighted by Gasteiger charge is 2.41. The van der Waals surface area contributed by atoms with Crippen molar-refractivity contribution in [1.82, 2.24) is 25.6 Å². The van der Waals surface area contributed by atoms with Gasteiger partial charge >= 0.3 is 6.09 Å². The number of para-hydroxylation sites is 1. The van der Waals surface area contributed by atoms with E-state index in [1.165, 1.54) is 0 Å². The predicted molar refractivity (Wildman–Crippen MR) is 185 cm³/mol. The number of primary amides is 1. The van der Waals surface area contributed by atoms with E-state index in [-0.39, 0.29) is 18.7 Å². The van der Waals surface area contributed by atoms with E-state index in [1.54, 1.807) is 23.2 Å². The van der Waals surface area contributed by atoms with Gasteiger partial charge in [-0.3, -0.25) is 14.4 Å². The van der Waals surface area contributed by atoms with E-state index in [1.807, 2.05) is 74.3 Å². The summed E-state index contributed by atoms with van der Waals surface area (Å²) in [6.07, 6.45) is 2.51. The number of nitrogens with two attached hydrogens (primary N) is 1. The van der Waals surface area contributed by atoms with Crippen LogP contribution in [0, 0.1) is 11.8 Å². The Balaban J connectivity index is 1.35. The van der Waals surface area contributed by atoms with E-state index in [2.05, 4.69) is 15.6 Å². The number of aliphatic hydroxyl groups is 1. The highest BCUT2D eigenvalue weighted by molar-refractivity contribution is 5.99. The van der Waals surface area contributed by atoms with Crippen LogP contribution in [0.15, 0.2) is 66.7 Å². The summed E-state index contributed by atoms with van der Waals surface area (Å²) in [4.78, 5) is 57.0. The first-order valence-electron chi connectivity index (χ1n) is 17.1. The molecule has 12 heteroatoms. The number of ether oxygens (including phenoxy) is 1. The molecule has 262 valence electrons. The number of amides is 4. The molecule has 5 rings (SSSR count). The summed E-state index contributed by atoms with van der Waals surface area (Å²) in [5.41, 5.74) is 6.35. The van der Waals surface area contributed by atoms with Crippen molar-refractivity contribution in [2.24, 2.45) is 17.6 Å². The molecule has 0 bridgehead atoms. The summed E-state index contributed by atoms with van der Waals surface area (Å²) in [5, 5.41) is 21.6. The maximum Gasteiger partial charge on any atom is 0.424 e. The summed E-state index contributed by atoms with van der Waals surface area (Å²) in [7, 11) is 0. The van der Waals surface area contributed by atoms with Gasteiger partial charge in [0.1, 0.15) is 17.3 Å². The lowest BCUT2D eigenvalue weighted by Gasteiger charge is -2.48. The zero-order chi connectivity index (χ0) is 35.1. The van der Waals surface area contributed by atoms with Crippen molar-refractivity contribution in [3.63, 3.8) is 0 Å². The zero-order valence-electron chi connectivity index (χ0n) is 28.5. The first-order chi connectivity index (χ1) is 23.4. The second-order valence-electron chi connectivity index (χ2n) is 14.2. The Labute approximate surface area is 287 Å². The van der Waals surface area contributed by atoms with Crippen LogP contribution in [0.4, 0.5) is 4.79 Å². The summed E-state index contributed by atoms with van der Waals surface area (Å²) in [6.45, 7) is 6.58. The smallest absolute Gasteiger partial charge is 0.424 e. The van der Waals surface area contributed by atoms with Gasteiger partial charge in [0.2, 0.25) is 11.8 Å². The molecule has 2 fully saturated rings. The minimum Gasteiger partial charge on any atom is -0.443 e. The van der Waals surface area contributed by atoms with E-state index in [0.717, 1.165) is 36.6 Å². The number of hydrazine groups is 1. The summed E-state index contributed by atoms with van der Waals surface area (Å²) < 4.78 is 5.76. The van der Waals surface area contributed by atoms with Crippen LogP contribution in [0.3, 0.4) is 0 Å². The van der Waals surface area contributed by atoms with Crippen molar-refractivity contribution in [2.75, 3.05) is 19.6 Å². The van der Waals surface area contributed by atoms with Gasteiger partial charge in [0.25, 0.3) is 5.91 Å². The van der Waals surface area contributed by atoms with Crippen molar-refractivity contribution in [3.05, 3.63) is 78.0 Å². The molecular formula is C37H48N6O6. The number of hydrogen-bond donors (Lipinski definition) is 4. The molecular weight excluding hydrogens is 624 g/mol. The lowest BCUT2D eigenvalue weighted by Crippen LogP contribution is -2.62. The molecule has 49 heavy (non-hydrogen) atoms. The quantitative estimate of drug-likeness (QED) is 0.240. The van der Waals surface area contributed by atoms with Gasteiger partial charge in [-0.05, 0) is 69.6 Å². The molecule has 1 saturated carbocycles. The van der Waals surface area contributed by atoms with E-state index in [9.17, 15) is 24.3 Å². The molecule has 3 aromatic rings. The van der Waals surface area contributed by atoms with Crippen molar-refractivity contribution in [2.45, 2.75) is 83.1 Å². The number of aromatic nitrogens is 1. The number of aliphatic hydroxyl groups excluding tert-OH is 1. The van der Waals surface area contributed by atoms with Crippen LogP contribution >= 0.6 is 0 Å². The Morgan fingerprint density at radius 2 is 1.61 bits per heavy atom. The number of β-amino-alcohol motifs (C(OH)–C–C–N with tert-alkyl or cyclic N) is 1. The van der Waals surface area contributed by atoms with Gasteiger partial charge in [0.15, 0.2) is 0 Å². The van der Waals surface area contributed by atoms with Gasteiger partial charge in [-0.1, -0.05) is 67.4 Å². The minimum atomic E-state index is -1.32. The van der Waals surface area contributed by atoms with Crippen molar-refractivity contribution >= 4 is 34.7 Å². The molecule has 5 atom stereocenters. The Hall–Kier alpha value is -4.55. The van der Waals surface area contributed by atoms with Gasteiger partial charge in [-0.15, -0.1) is 0 Å². The fourth-order valence-corrected chi connectivity index (χ4v) is 6.76. The van der Waals surface area contributed by atoms with Gasteiger partial charge in [0.05, 0.1) is 24.1 Å². The van der Waals surface area contributed by atoms with Gasteiger partial charge in [-0.25, -0.2) is 19.8 Å². The lowest BCUT2D eigenvalue weighted by molar-refractivity contribution is -0.130. The largest absolute Gasteiger partial charge is 0.443 e. The molecule has 4 amide bonds. The lowest BCUT2D eigenvalue weighted by atomic mass is 9.77. The van der Waals surface area contributed by atoms with Gasteiger partial charge < -0.3 is 26.2 Å². The Kier molecular flexibility index (Phi) is 11.5. The van der Waals surface area contributed by atoms with Gasteiger partial charge in [0, 0.05) is 25.0 Å². The molecule has 2 aliphatic rings. The molecule has 2 aromatic carbocycles. The molecule has 1 aliphatic heterocycles. The molecule has 1 aromatic heterocycles. The average Bonchev–Trinajstić information content (AvgIpc) is 3.06. The van der Waals surface area contributed by atoms with Crippen LogP contribution in [-0.4, -0.2) is 87.3 Å². The molecule has 1 aliphatic carbocycles. The highest BCUT2D eigenvalue weighted by Crippen LogP contribution is 2.36. The Bertz CT molecular complexity index is 1630. The topological polar surface area (TPSA) is 167 Å². The van der Waals surface area contributed by atoms with E-state index in [4.69, 9.17) is 10.5 Å². The van der Waals surface area contributed by atoms with Crippen LogP contribution in [0.2, 0.25) is 0 Å². The van der Waals surface area contributed by atoms with E-state index in [0.29, 0.717) is 30.4 Å². The number of nitrogens with zero attached hydrogens (tertiary/aromatic N) is 3. The molecule has 1 saturated heterocycles. The second kappa shape index (κ2) is 15.8. The highest BCUT2D eigenvalue weighted by atomic mass is 16.6. The van der Waals surface area contributed by atoms with Crippen LogP contribution in [0.5, 0.6) is 0 Å². The number of pyridine rings is 1. The average molecular weight is 673 g/mol. The zero-order valence-corrected chi connectivity index (χ0v) is 28.5. The van der Waals surface area contributed by atoms with Crippen LogP contribution in [0.1, 0.15) is 68.9 Å². The minimum absolute atomic E-state index is 0.0497. The second-order valence-corrected chi connectivity index (χ2v) is 14.2. The predicted octanol–water partition coefficient (Wildman–Crippen LogP) is 3.57. The Morgan fingerprint density at radius 3 is 2.31 bits per heavy atom. The first-order valence-corrected chi connectivity index (χ1v) is 17.1. The number of carbonyl (C=O) groups excluding carboxylic acids is 4. The van der Waals surface area contributed by atoms with Crippen LogP contribution < -0.4 is 16.4 Å². The van der Waals surface area contributed by atoms with E-state index >= 15 is 0 Å². The monoisotopic (exact) mass is 672 g/mol. The molecule has 0 spiro atoms. The summed E-state index contributed by atoms with van der Waals surface area (Å²) in [5.74, 6) is -1.38. The fourth-order valence-electron chi connectivity index (χ4n) is 6.76. The normalized spacial score (nSPS) is 20.0. The molecule has 1 unspecified atom stereocenters. The first kappa shape index (κ1) is 35.7. The fraction of sp³-hybridized carbons (Fsp3) is 0.486. The number of benzene rings is 2. The van der Waals surface area contributed by atoms with Crippen LogP contribution in [0.25, 0.3) is 10.9 Å². The number of rotatable bonds is 11. The third-order valence-corrected chi connectivity index (χ3v) is 9.21. The number of fused-ring (bicyclic) bond motifs is 2. The third kappa shape index (κ3) is 9.76. The summed E-state index contributed by atoms with van der Waals surface area (Å²) in [6, 6.07) is 17.8. The van der Waals surface area contributed by atoms with Crippen molar-refractivity contribution in [3.8, 4) is 0 Å². The number of hydrogen-bond acceptors (Lipinski definition) is 8. The van der Waals surface area contributed by atoms with E-state index < -0.39 is 54.0 Å². The molecule has 5 N–H and O–H groups in total. The number of carbonyl (C=O) groups is 4. The Morgan fingerprint density at radius 1 is 0.939 bits per heavy atom. The van der Waals surface area contributed by atoms with Crippen LogP contribution in [-0.2, 0) is 20.7 Å². The molecule has 12 nitrogen and oxygen atoms in total. The maximum atomic E-state index is 13.8. The SMILES string of the molecule is CC(C)(C)OC(=O)N1C[C@@H]2CCCC[C@@H]2CN1CC(O)[C@H](Cc1ccccc1)NC(=O)[C@@H](CC(N)=O)NC(=O)c1ccc2ccccc2n1. The molecule has 0 radical (unpaired) electrons. The maximum absolute atomic E-state index is 13.8. The standard InChI is InChI=1S/C37H48N6O6/c1-37(2,3)49-36(48)43-22-27-15-8-7-14-26(27)21-42(43)23-32(44)30(19-24-11-5-4-6-12-24)40-35(47)31(20-33(38)45)41-34(46)29-18-17-25-13-9-10-16-28(25)39-29/h4-6,9-13,16-18,26-27,30-32,44H,7-8,14-15,19-23H2,1-3H3,(H2,38,45)(H,40,47)(H,41,46)/t26-,27+,30+,31-,32?/m1/s1. The summed E-state index contributed by atoms with van der Waals surface area (Å²) >= 11 is 0. The van der Waals surface area contributed by atoms with Crippen molar-refractivity contribution < 1.29 is 29.0 Å². The number of nitrogens with one attached hydrogen (secondary N) is 2. The van der Waals surface area contributed by atoms with Crippen molar-refractivity contribution in [1.29, 1.82) is 0 Å². The van der Waals surface area contributed by atoms with Gasteiger partial charge in [-0.2, -0.15) is 0 Å². The third-order valence-electron chi connectivity index (χ3n) is 9.21.